The summed E-state index contributed by atoms with van der Waals surface area (Å²) in [6.45, 7) is 0.385. The van der Waals surface area contributed by atoms with Crippen LogP contribution in [0.15, 0.2) is 53.8 Å². The number of hydroxylamine groups is 1. The molecule has 0 aromatic heterocycles. The van der Waals surface area contributed by atoms with Crippen molar-refractivity contribution in [3.8, 4) is 11.5 Å². The Balaban J connectivity index is 1.82. The molecule has 96 valence electrons. The maximum absolute atomic E-state index is 11.7. The summed E-state index contributed by atoms with van der Waals surface area (Å²) in [5.41, 5.74) is 1.36. The quantitative estimate of drug-likeness (QED) is 0.663. The monoisotopic (exact) mass is 257 g/mol. The second kappa shape index (κ2) is 4.49. The summed E-state index contributed by atoms with van der Waals surface area (Å²) >= 11 is 0. The van der Waals surface area contributed by atoms with Crippen molar-refractivity contribution in [1.82, 2.24) is 5.17 Å². The largest absolute Gasteiger partial charge is 0.691 e. The van der Waals surface area contributed by atoms with Crippen molar-refractivity contribution in [3.05, 3.63) is 59.3 Å². The fraction of sp³-hybridized carbons (Fsp3) is 0.0769. The van der Waals surface area contributed by atoms with Crippen LogP contribution in [0.1, 0.15) is 5.56 Å². The van der Waals surface area contributed by atoms with E-state index >= 15 is 0 Å². The molecule has 0 saturated heterocycles. The molecule has 0 aliphatic carbocycles. The van der Waals surface area contributed by atoms with Gasteiger partial charge in [-0.1, -0.05) is 18.2 Å². The summed E-state index contributed by atoms with van der Waals surface area (Å²) in [6.07, 6.45) is 0. The van der Waals surface area contributed by atoms with Gasteiger partial charge < -0.3 is 10.3 Å². The lowest BCUT2D eigenvalue weighted by Crippen LogP contribution is -2.26. The van der Waals surface area contributed by atoms with Crippen LogP contribution in [0, 0.1) is 5.21 Å². The van der Waals surface area contributed by atoms with E-state index in [-0.39, 0.29) is 5.75 Å². The zero-order chi connectivity index (χ0) is 13.2. The van der Waals surface area contributed by atoms with Gasteiger partial charge in [-0.05, 0) is 30.3 Å². The number of hydrogen-bond acceptors (Lipinski definition) is 5. The third-order valence-corrected chi connectivity index (χ3v) is 2.73. The SMILES string of the molecule is [O-][N+]1=NN(Oc2ccc(O)cc2)Cc2ccccc21. The van der Waals surface area contributed by atoms with Gasteiger partial charge in [-0.3, -0.25) is 4.84 Å². The number of aromatic hydroxyl groups is 1. The van der Waals surface area contributed by atoms with Crippen LogP contribution < -0.4 is 4.84 Å². The molecule has 0 unspecified atom stereocenters. The minimum absolute atomic E-state index is 0.152. The van der Waals surface area contributed by atoms with Crippen LogP contribution >= 0.6 is 0 Å². The number of para-hydroxylation sites is 1. The highest BCUT2D eigenvalue weighted by Crippen LogP contribution is 2.26. The number of phenols is 1. The lowest BCUT2D eigenvalue weighted by Gasteiger charge is -2.19. The van der Waals surface area contributed by atoms with Gasteiger partial charge in [-0.25, -0.2) is 0 Å². The molecule has 19 heavy (non-hydrogen) atoms. The van der Waals surface area contributed by atoms with E-state index in [9.17, 15) is 10.3 Å². The first-order valence-corrected chi connectivity index (χ1v) is 5.73. The van der Waals surface area contributed by atoms with Gasteiger partial charge in [0.05, 0.1) is 0 Å². The van der Waals surface area contributed by atoms with E-state index in [1.165, 1.54) is 17.3 Å². The number of hydrogen-bond donors (Lipinski definition) is 1. The fourth-order valence-corrected chi connectivity index (χ4v) is 1.83. The third kappa shape index (κ3) is 2.28. The van der Waals surface area contributed by atoms with Crippen molar-refractivity contribution in [2.24, 2.45) is 5.22 Å². The molecule has 3 rings (SSSR count). The average Bonchev–Trinajstić information content (AvgIpc) is 2.42. The van der Waals surface area contributed by atoms with Crippen LogP contribution in [-0.4, -0.2) is 15.1 Å². The molecule has 0 fully saturated rings. The van der Waals surface area contributed by atoms with Gasteiger partial charge >= 0.3 is 0 Å². The molecule has 0 radical (unpaired) electrons. The molecule has 1 aliphatic rings. The molecule has 1 heterocycles. The van der Waals surface area contributed by atoms with Gasteiger partial charge in [0.1, 0.15) is 11.0 Å². The van der Waals surface area contributed by atoms with E-state index in [1.54, 1.807) is 24.3 Å². The Morgan fingerprint density at radius 2 is 1.89 bits per heavy atom. The lowest BCUT2D eigenvalue weighted by atomic mass is 10.2. The average molecular weight is 257 g/mol. The van der Waals surface area contributed by atoms with E-state index in [0.29, 0.717) is 22.8 Å². The zero-order valence-corrected chi connectivity index (χ0v) is 9.93. The zero-order valence-electron chi connectivity index (χ0n) is 9.93. The molecule has 0 amide bonds. The van der Waals surface area contributed by atoms with E-state index in [2.05, 4.69) is 5.22 Å². The van der Waals surface area contributed by atoms with Crippen molar-refractivity contribution in [1.29, 1.82) is 0 Å². The van der Waals surface area contributed by atoms with Crippen molar-refractivity contribution in [2.75, 3.05) is 0 Å². The number of phenolic OH excluding ortho intramolecular Hbond substituents is 1. The molecule has 6 nitrogen and oxygen atoms in total. The van der Waals surface area contributed by atoms with Crippen LogP contribution in [0.2, 0.25) is 0 Å². The highest BCUT2D eigenvalue weighted by Gasteiger charge is 2.23. The second-order valence-corrected chi connectivity index (χ2v) is 4.09. The van der Waals surface area contributed by atoms with Crippen LogP contribution in [0.5, 0.6) is 11.5 Å². The van der Waals surface area contributed by atoms with Gasteiger partial charge in [0.15, 0.2) is 18.0 Å². The Hall–Kier alpha value is -2.76. The highest BCUT2D eigenvalue weighted by molar-refractivity contribution is 5.40. The van der Waals surface area contributed by atoms with Crippen molar-refractivity contribution >= 4 is 5.69 Å². The summed E-state index contributed by atoms with van der Waals surface area (Å²) in [5.74, 6) is 0.646. The molecule has 6 heteroatoms. The van der Waals surface area contributed by atoms with E-state index in [4.69, 9.17) is 4.84 Å². The molecule has 0 atom stereocenters. The summed E-state index contributed by atoms with van der Waals surface area (Å²) in [7, 11) is 0. The second-order valence-electron chi connectivity index (χ2n) is 4.09. The minimum atomic E-state index is 0.152. The Labute approximate surface area is 109 Å². The van der Waals surface area contributed by atoms with Gasteiger partial charge in [0.2, 0.25) is 0 Å². The highest BCUT2D eigenvalue weighted by atomic mass is 16.7. The smallest absolute Gasteiger partial charge is 0.183 e. The van der Waals surface area contributed by atoms with Crippen LogP contribution in [-0.2, 0) is 6.54 Å². The molecule has 0 saturated carbocycles. The topological polar surface area (TPSA) is 71.1 Å². The predicted molar refractivity (Wildman–Crippen MR) is 66.4 cm³/mol. The maximum atomic E-state index is 11.7. The molecule has 2 aromatic carbocycles. The fourth-order valence-electron chi connectivity index (χ4n) is 1.83. The van der Waals surface area contributed by atoms with Crippen LogP contribution in [0.4, 0.5) is 5.69 Å². The van der Waals surface area contributed by atoms with Crippen LogP contribution in [0.3, 0.4) is 0 Å². The van der Waals surface area contributed by atoms with Crippen LogP contribution in [0.25, 0.3) is 0 Å². The van der Waals surface area contributed by atoms with E-state index in [1.807, 2.05) is 12.1 Å². The van der Waals surface area contributed by atoms with Crippen molar-refractivity contribution < 1.29 is 14.8 Å². The van der Waals surface area contributed by atoms with Gasteiger partial charge in [0, 0.05) is 10.7 Å². The summed E-state index contributed by atoms with van der Waals surface area (Å²) < 4.78 is 0. The third-order valence-electron chi connectivity index (χ3n) is 2.73. The number of benzene rings is 2. The molecular weight excluding hydrogens is 246 g/mol. The Kier molecular flexibility index (Phi) is 2.68. The summed E-state index contributed by atoms with van der Waals surface area (Å²) in [5, 5.41) is 25.9. The summed E-state index contributed by atoms with van der Waals surface area (Å²) in [6, 6.07) is 13.4. The predicted octanol–water partition coefficient (Wildman–Crippen LogP) is 2.71. The van der Waals surface area contributed by atoms with Crippen molar-refractivity contribution in [2.45, 2.75) is 6.54 Å². The van der Waals surface area contributed by atoms with Crippen molar-refractivity contribution in [3.63, 3.8) is 0 Å². The molecular formula is C13H11N3O3. The molecule has 1 N–H and O–H groups in total. The molecule has 0 bridgehead atoms. The lowest BCUT2D eigenvalue weighted by molar-refractivity contribution is -0.485. The Morgan fingerprint density at radius 1 is 1.16 bits per heavy atom. The molecule has 0 spiro atoms. The first-order chi connectivity index (χ1) is 9.22. The first-order valence-electron chi connectivity index (χ1n) is 5.73. The van der Waals surface area contributed by atoms with Gasteiger partial charge in [-0.15, -0.1) is 4.86 Å². The Bertz CT molecular complexity index is 625. The van der Waals surface area contributed by atoms with Gasteiger partial charge in [-0.2, -0.15) is 0 Å². The normalized spacial score (nSPS) is 13.7. The number of rotatable bonds is 2. The van der Waals surface area contributed by atoms with E-state index in [0.717, 1.165) is 5.56 Å². The summed E-state index contributed by atoms with van der Waals surface area (Å²) in [4.78, 5) is 5.98. The molecule has 2 aromatic rings. The van der Waals surface area contributed by atoms with E-state index < -0.39 is 0 Å². The maximum Gasteiger partial charge on any atom is 0.183 e. The Morgan fingerprint density at radius 3 is 2.68 bits per heavy atom. The minimum Gasteiger partial charge on any atom is -0.691 e. The molecule has 1 aliphatic heterocycles. The number of fused-ring (bicyclic) bond motifs is 1. The number of nitrogens with zero attached hydrogens (tertiary/aromatic N) is 3. The standard InChI is InChI=1S/C13H11N3O3/c17-11-5-7-12(8-6-11)19-15-9-10-3-1-2-4-13(10)16(18)14-15/h1-8,17H,9H2. The van der Waals surface area contributed by atoms with Gasteiger partial charge in [0.25, 0.3) is 0 Å². The first kappa shape index (κ1) is 11.3.